The van der Waals surface area contributed by atoms with Crippen LogP contribution in [0.3, 0.4) is 0 Å². The first-order valence-electron chi connectivity index (χ1n) is 9.94. The van der Waals surface area contributed by atoms with Gasteiger partial charge in [0.05, 0.1) is 0 Å². The van der Waals surface area contributed by atoms with Crippen LogP contribution in [0.5, 0.6) is 0 Å². The van der Waals surface area contributed by atoms with Crippen molar-refractivity contribution in [2.75, 3.05) is 0 Å². The molecule has 0 heterocycles. The lowest BCUT2D eigenvalue weighted by Crippen LogP contribution is -2.23. The van der Waals surface area contributed by atoms with Gasteiger partial charge in [0.25, 0.3) is 0 Å². The van der Waals surface area contributed by atoms with Crippen LogP contribution in [-0.2, 0) is 12.8 Å². The minimum Gasteiger partial charge on any atom is -0.107 e. The van der Waals surface area contributed by atoms with Crippen molar-refractivity contribution >= 4 is 47.8 Å². The van der Waals surface area contributed by atoms with E-state index in [-0.39, 0.29) is 24.0 Å². The van der Waals surface area contributed by atoms with E-state index in [0.29, 0.717) is 0 Å². The highest BCUT2D eigenvalue weighted by molar-refractivity contribution is 14.0. The van der Waals surface area contributed by atoms with Gasteiger partial charge >= 0.3 is 0 Å². The molecule has 0 atom stereocenters. The molecule has 0 aliphatic heterocycles. The van der Waals surface area contributed by atoms with Gasteiger partial charge in [-0.15, -0.1) is 24.0 Å². The Labute approximate surface area is 192 Å². The van der Waals surface area contributed by atoms with Crippen molar-refractivity contribution < 1.29 is 0 Å². The second-order valence-corrected chi connectivity index (χ2v) is 9.16. The van der Waals surface area contributed by atoms with Crippen molar-refractivity contribution in [3.63, 3.8) is 0 Å². The van der Waals surface area contributed by atoms with E-state index in [9.17, 15) is 0 Å². The van der Waals surface area contributed by atoms with E-state index in [1.54, 1.807) is 0 Å². The number of halogens is 1. The first-order chi connectivity index (χ1) is 13.9. The summed E-state index contributed by atoms with van der Waals surface area (Å²) < 4.78 is 0. The number of benzene rings is 4. The van der Waals surface area contributed by atoms with E-state index in [1.807, 2.05) is 0 Å². The molecule has 0 nitrogen and oxygen atoms in total. The summed E-state index contributed by atoms with van der Waals surface area (Å²) in [5.41, 5.74) is 2.91. The zero-order valence-corrected chi connectivity index (χ0v) is 19.7. The fourth-order valence-corrected chi connectivity index (χ4v) is 6.15. The Kier molecular flexibility index (Phi) is 8.46. The quantitative estimate of drug-likeness (QED) is 0.205. The summed E-state index contributed by atoms with van der Waals surface area (Å²) in [5.74, 6) is 0. The van der Waals surface area contributed by atoms with Crippen LogP contribution in [0.4, 0.5) is 0 Å². The van der Waals surface area contributed by atoms with E-state index in [1.165, 1.54) is 33.5 Å². The average molecular weight is 508 g/mol. The molecule has 4 rings (SSSR count). The standard InChI is InChI=1S/C27H25P.HI/c1-4-13-23(14-5-1)15-12-17-24-16-10-11-22-27(24)28(25-18-6-2-7-19-25)26-20-8-3-9-21-26;/h1-11,13-14,16,18-22H,12,15,17H2;1H. The fraction of sp³-hybridized carbons (Fsp3) is 0.111. The molecule has 0 saturated carbocycles. The average Bonchev–Trinajstić information content (AvgIpc) is 2.77. The molecule has 0 fully saturated rings. The van der Waals surface area contributed by atoms with Gasteiger partial charge in [0, 0.05) is 0 Å². The van der Waals surface area contributed by atoms with E-state index < -0.39 is 7.92 Å². The molecule has 146 valence electrons. The van der Waals surface area contributed by atoms with Crippen LogP contribution in [0.25, 0.3) is 0 Å². The molecule has 0 amide bonds. The fourth-order valence-electron chi connectivity index (χ4n) is 3.65. The summed E-state index contributed by atoms with van der Waals surface area (Å²) in [6, 6.07) is 41.8. The zero-order valence-electron chi connectivity index (χ0n) is 16.4. The molecule has 0 radical (unpaired) electrons. The summed E-state index contributed by atoms with van der Waals surface area (Å²) >= 11 is 0. The van der Waals surface area contributed by atoms with Gasteiger partial charge in [-0.1, -0.05) is 115 Å². The molecule has 0 aliphatic rings. The SMILES string of the molecule is I.c1ccc(CCCc2ccccc2P(c2ccccc2)c2ccccc2)cc1. The number of rotatable bonds is 7. The lowest BCUT2D eigenvalue weighted by Gasteiger charge is -2.22. The minimum atomic E-state index is -0.538. The topological polar surface area (TPSA) is 0 Å². The van der Waals surface area contributed by atoms with Crippen LogP contribution >= 0.6 is 31.9 Å². The third kappa shape index (κ3) is 5.78. The smallest absolute Gasteiger partial charge is 0.0119 e. The maximum Gasteiger partial charge on any atom is -0.0119 e. The summed E-state index contributed by atoms with van der Waals surface area (Å²) in [5, 5.41) is 4.32. The molecule has 0 unspecified atom stereocenters. The number of hydrogen-bond acceptors (Lipinski definition) is 0. The Morgan fingerprint density at radius 3 is 1.55 bits per heavy atom. The van der Waals surface area contributed by atoms with Crippen LogP contribution in [0.1, 0.15) is 17.5 Å². The highest BCUT2D eigenvalue weighted by atomic mass is 127. The maximum atomic E-state index is 2.34. The van der Waals surface area contributed by atoms with Gasteiger partial charge < -0.3 is 0 Å². The van der Waals surface area contributed by atoms with Crippen molar-refractivity contribution in [3.05, 3.63) is 126 Å². The Morgan fingerprint density at radius 2 is 0.966 bits per heavy atom. The number of aryl methyl sites for hydroxylation is 2. The lowest BCUT2D eigenvalue weighted by atomic mass is 10.0. The molecule has 4 aromatic rings. The molecule has 2 heteroatoms. The van der Waals surface area contributed by atoms with Gasteiger partial charge in [-0.3, -0.25) is 0 Å². The number of hydrogen-bond donors (Lipinski definition) is 0. The van der Waals surface area contributed by atoms with Crippen LogP contribution in [-0.4, -0.2) is 0 Å². The third-order valence-electron chi connectivity index (χ3n) is 5.02. The van der Waals surface area contributed by atoms with E-state index in [2.05, 4.69) is 115 Å². The first-order valence-corrected chi connectivity index (χ1v) is 11.3. The van der Waals surface area contributed by atoms with Gasteiger partial charge in [0.2, 0.25) is 0 Å². The summed E-state index contributed by atoms with van der Waals surface area (Å²) in [7, 11) is -0.538. The van der Waals surface area contributed by atoms with E-state index >= 15 is 0 Å². The highest BCUT2D eigenvalue weighted by Gasteiger charge is 2.18. The lowest BCUT2D eigenvalue weighted by molar-refractivity contribution is 0.824. The van der Waals surface area contributed by atoms with Crippen LogP contribution in [0.2, 0.25) is 0 Å². The van der Waals surface area contributed by atoms with Gasteiger partial charge in [0.1, 0.15) is 0 Å². The maximum absolute atomic E-state index is 2.34. The summed E-state index contributed by atoms with van der Waals surface area (Å²) in [6.07, 6.45) is 3.42. The van der Waals surface area contributed by atoms with Crippen molar-refractivity contribution in [1.82, 2.24) is 0 Å². The summed E-state index contributed by atoms with van der Waals surface area (Å²) in [4.78, 5) is 0. The van der Waals surface area contributed by atoms with Crippen LogP contribution < -0.4 is 15.9 Å². The molecule has 0 aromatic heterocycles. The van der Waals surface area contributed by atoms with Gasteiger partial charge in [0.15, 0.2) is 0 Å². The molecule has 4 aromatic carbocycles. The largest absolute Gasteiger partial charge is 0.107 e. The van der Waals surface area contributed by atoms with Crippen molar-refractivity contribution in [1.29, 1.82) is 0 Å². The predicted molar refractivity (Wildman–Crippen MR) is 139 cm³/mol. The zero-order chi connectivity index (χ0) is 19.0. The second kappa shape index (κ2) is 11.3. The van der Waals surface area contributed by atoms with Crippen molar-refractivity contribution in [2.24, 2.45) is 0 Å². The van der Waals surface area contributed by atoms with Crippen LogP contribution in [0.15, 0.2) is 115 Å². The highest BCUT2D eigenvalue weighted by Crippen LogP contribution is 2.34. The third-order valence-corrected chi connectivity index (χ3v) is 7.56. The molecular formula is C27H26IP. The minimum absolute atomic E-state index is 0. The molecule has 0 N–H and O–H groups in total. The van der Waals surface area contributed by atoms with Gasteiger partial charge in [-0.2, -0.15) is 0 Å². The Morgan fingerprint density at radius 1 is 0.483 bits per heavy atom. The van der Waals surface area contributed by atoms with E-state index in [0.717, 1.165) is 12.8 Å². The van der Waals surface area contributed by atoms with E-state index in [4.69, 9.17) is 0 Å². The molecular weight excluding hydrogens is 482 g/mol. The molecule has 0 saturated heterocycles. The first kappa shape index (κ1) is 21.7. The van der Waals surface area contributed by atoms with Gasteiger partial charge in [-0.05, 0) is 54.2 Å². The Balaban J connectivity index is 0.00000240. The Bertz CT molecular complexity index is 945. The monoisotopic (exact) mass is 508 g/mol. The Hall–Kier alpha value is -1.96. The molecule has 0 bridgehead atoms. The van der Waals surface area contributed by atoms with Crippen molar-refractivity contribution in [3.8, 4) is 0 Å². The molecule has 29 heavy (non-hydrogen) atoms. The van der Waals surface area contributed by atoms with Gasteiger partial charge in [-0.25, -0.2) is 0 Å². The molecule has 0 aliphatic carbocycles. The normalized spacial score (nSPS) is 10.5. The van der Waals surface area contributed by atoms with Crippen molar-refractivity contribution in [2.45, 2.75) is 19.3 Å². The summed E-state index contributed by atoms with van der Waals surface area (Å²) in [6.45, 7) is 0. The second-order valence-electron chi connectivity index (χ2n) is 6.97. The van der Waals surface area contributed by atoms with Crippen LogP contribution in [0, 0.1) is 0 Å². The molecule has 0 spiro atoms. The predicted octanol–water partition coefficient (Wildman–Crippen LogP) is 6.24.